The van der Waals surface area contributed by atoms with E-state index in [1.165, 1.54) is 4.31 Å². The molecule has 0 amide bonds. The molecular weight excluding hydrogens is 214 g/mol. The van der Waals surface area contributed by atoms with Crippen molar-refractivity contribution in [2.24, 2.45) is 0 Å². The Bertz CT molecular complexity index is 302. The van der Waals surface area contributed by atoms with Gasteiger partial charge in [0.1, 0.15) is 0 Å². The van der Waals surface area contributed by atoms with E-state index in [1.807, 2.05) is 20.8 Å². The fourth-order valence-electron chi connectivity index (χ4n) is 1.56. The summed E-state index contributed by atoms with van der Waals surface area (Å²) in [4.78, 5) is 0. The van der Waals surface area contributed by atoms with Crippen molar-refractivity contribution in [1.82, 2.24) is 13.9 Å². The first kappa shape index (κ1) is 12.9. The highest BCUT2D eigenvalue weighted by Crippen LogP contribution is 2.12. The summed E-state index contributed by atoms with van der Waals surface area (Å²) in [7, 11) is -1.64. The normalized spacial score (nSPS) is 25.1. The summed E-state index contributed by atoms with van der Waals surface area (Å²) in [5.41, 5.74) is 0. The summed E-state index contributed by atoms with van der Waals surface area (Å²) in [6.45, 7) is 7.60. The Morgan fingerprint density at radius 1 is 1.47 bits per heavy atom. The number of nitrogens with one attached hydrogen (secondary N) is 1. The molecular formula is C9H21N3O2S. The molecule has 0 unspecified atom stereocenters. The standard InChI is InChI=1S/C9H21N3O2S/c1-8(2)11(4)15(13,14)12-6-5-10-9(3)7-12/h8-10H,5-7H2,1-4H3/t9-/m1/s1. The largest absolute Gasteiger partial charge is 0.312 e. The molecule has 1 heterocycles. The zero-order chi connectivity index (χ0) is 11.6. The Morgan fingerprint density at radius 2 is 2.07 bits per heavy atom. The summed E-state index contributed by atoms with van der Waals surface area (Å²) in [5, 5.41) is 3.23. The summed E-state index contributed by atoms with van der Waals surface area (Å²) >= 11 is 0. The van der Waals surface area contributed by atoms with E-state index in [-0.39, 0.29) is 12.1 Å². The monoisotopic (exact) mass is 235 g/mol. The van der Waals surface area contributed by atoms with Crippen LogP contribution in [0, 0.1) is 0 Å². The maximum Gasteiger partial charge on any atom is 0.282 e. The summed E-state index contributed by atoms with van der Waals surface area (Å²) < 4.78 is 27.2. The number of hydrogen-bond donors (Lipinski definition) is 1. The Balaban J connectivity index is 2.77. The van der Waals surface area contributed by atoms with Crippen molar-refractivity contribution < 1.29 is 8.42 Å². The van der Waals surface area contributed by atoms with Crippen LogP contribution in [0.5, 0.6) is 0 Å². The molecule has 0 radical (unpaired) electrons. The van der Waals surface area contributed by atoms with Gasteiger partial charge in [-0.1, -0.05) is 0 Å². The molecule has 1 aliphatic heterocycles. The highest BCUT2D eigenvalue weighted by atomic mass is 32.2. The third kappa shape index (κ3) is 2.90. The molecule has 1 atom stereocenters. The van der Waals surface area contributed by atoms with Gasteiger partial charge in [-0.3, -0.25) is 0 Å². The van der Waals surface area contributed by atoms with Crippen LogP contribution in [0.4, 0.5) is 0 Å². The van der Waals surface area contributed by atoms with E-state index in [0.717, 1.165) is 6.54 Å². The molecule has 1 aliphatic rings. The fraction of sp³-hybridized carbons (Fsp3) is 1.00. The zero-order valence-electron chi connectivity index (χ0n) is 9.90. The van der Waals surface area contributed by atoms with E-state index in [4.69, 9.17) is 0 Å². The van der Waals surface area contributed by atoms with Crippen LogP contribution in [0.2, 0.25) is 0 Å². The molecule has 0 aromatic carbocycles. The van der Waals surface area contributed by atoms with E-state index < -0.39 is 10.2 Å². The molecule has 0 aromatic heterocycles. The Morgan fingerprint density at radius 3 is 2.53 bits per heavy atom. The summed E-state index contributed by atoms with van der Waals surface area (Å²) in [6.07, 6.45) is 0. The average molecular weight is 235 g/mol. The molecule has 0 aliphatic carbocycles. The minimum atomic E-state index is -3.27. The van der Waals surface area contributed by atoms with Crippen LogP contribution in [0.15, 0.2) is 0 Å². The second-order valence-corrected chi connectivity index (χ2v) is 6.32. The van der Waals surface area contributed by atoms with Gasteiger partial charge in [-0.2, -0.15) is 17.0 Å². The average Bonchev–Trinajstić information content (AvgIpc) is 2.16. The van der Waals surface area contributed by atoms with Gasteiger partial charge in [0.05, 0.1) is 0 Å². The van der Waals surface area contributed by atoms with Crippen LogP contribution in [0.3, 0.4) is 0 Å². The van der Waals surface area contributed by atoms with Gasteiger partial charge >= 0.3 is 0 Å². The van der Waals surface area contributed by atoms with Gasteiger partial charge in [0.25, 0.3) is 10.2 Å². The van der Waals surface area contributed by atoms with E-state index in [9.17, 15) is 8.42 Å². The lowest BCUT2D eigenvalue weighted by Crippen LogP contribution is -2.55. The van der Waals surface area contributed by atoms with Crippen LogP contribution in [0.1, 0.15) is 20.8 Å². The number of hydrogen-bond acceptors (Lipinski definition) is 3. The number of rotatable bonds is 3. The highest BCUT2D eigenvalue weighted by molar-refractivity contribution is 7.86. The Kier molecular flexibility index (Phi) is 4.11. The highest BCUT2D eigenvalue weighted by Gasteiger charge is 2.31. The Hall–Kier alpha value is -0.170. The molecule has 1 fully saturated rings. The maximum absolute atomic E-state index is 12.1. The second kappa shape index (κ2) is 4.78. The van der Waals surface area contributed by atoms with Gasteiger partial charge in [0.15, 0.2) is 0 Å². The van der Waals surface area contributed by atoms with Gasteiger partial charge < -0.3 is 5.32 Å². The van der Waals surface area contributed by atoms with Crippen LogP contribution in [-0.4, -0.2) is 55.8 Å². The smallest absolute Gasteiger partial charge is 0.282 e. The van der Waals surface area contributed by atoms with Crippen LogP contribution < -0.4 is 5.32 Å². The van der Waals surface area contributed by atoms with Crippen LogP contribution in [0.25, 0.3) is 0 Å². The molecule has 0 aromatic rings. The van der Waals surface area contributed by atoms with Gasteiger partial charge in [-0.05, 0) is 20.8 Å². The lowest BCUT2D eigenvalue weighted by molar-refractivity contribution is 0.279. The quantitative estimate of drug-likeness (QED) is 0.741. The van der Waals surface area contributed by atoms with E-state index in [0.29, 0.717) is 13.1 Å². The molecule has 5 nitrogen and oxygen atoms in total. The fourth-order valence-corrected chi connectivity index (χ4v) is 3.19. The van der Waals surface area contributed by atoms with Crippen molar-refractivity contribution in [3.63, 3.8) is 0 Å². The molecule has 90 valence electrons. The van der Waals surface area contributed by atoms with E-state index in [2.05, 4.69) is 5.32 Å². The van der Waals surface area contributed by atoms with Gasteiger partial charge in [0.2, 0.25) is 0 Å². The summed E-state index contributed by atoms with van der Waals surface area (Å²) in [6, 6.07) is 0.231. The van der Waals surface area contributed by atoms with Gasteiger partial charge in [-0.25, -0.2) is 0 Å². The van der Waals surface area contributed by atoms with E-state index >= 15 is 0 Å². The van der Waals surface area contributed by atoms with E-state index in [1.54, 1.807) is 11.4 Å². The topological polar surface area (TPSA) is 52.7 Å². The van der Waals surface area contributed by atoms with Gasteiger partial charge in [0, 0.05) is 38.8 Å². The van der Waals surface area contributed by atoms with Crippen molar-refractivity contribution >= 4 is 10.2 Å². The molecule has 1 saturated heterocycles. The SMILES string of the molecule is CC(C)N(C)S(=O)(=O)N1CCN[C@H](C)C1. The lowest BCUT2D eigenvalue weighted by Gasteiger charge is -2.34. The van der Waals surface area contributed by atoms with Crippen molar-refractivity contribution in [2.45, 2.75) is 32.9 Å². The molecule has 0 saturated carbocycles. The van der Waals surface area contributed by atoms with Crippen molar-refractivity contribution in [2.75, 3.05) is 26.7 Å². The lowest BCUT2D eigenvalue weighted by atomic mass is 10.3. The molecule has 0 bridgehead atoms. The predicted molar refractivity (Wildman–Crippen MR) is 60.9 cm³/mol. The second-order valence-electron chi connectivity index (χ2n) is 4.33. The van der Waals surface area contributed by atoms with Crippen LogP contribution >= 0.6 is 0 Å². The van der Waals surface area contributed by atoms with Gasteiger partial charge in [-0.15, -0.1) is 0 Å². The predicted octanol–water partition coefficient (Wildman–Crippen LogP) is -0.135. The molecule has 1 rings (SSSR count). The van der Waals surface area contributed by atoms with Crippen molar-refractivity contribution in [1.29, 1.82) is 0 Å². The first-order valence-corrected chi connectivity index (χ1v) is 6.72. The molecule has 1 N–H and O–H groups in total. The van der Waals surface area contributed by atoms with Crippen LogP contribution in [-0.2, 0) is 10.2 Å². The Labute approximate surface area is 92.6 Å². The van der Waals surface area contributed by atoms with Crippen molar-refractivity contribution in [3.8, 4) is 0 Å². The number of nitrogens with zero attached hydrogens (tertiary/aromatic N) is 2. The first-order valence-electron chi connectivity index (χ1n) is 5.32. The zero-order valence-corrected chi connectivity index (χ0v) is 10.7. The first-order chi connectivity index (χ1) is 6.85. The number of piperazine rings is 1. The molecule has 15 heavy (non-hydrogen) atoms. The minimum absolute atomic E-state index is 0.000178. The summed E-state index contributed by atoms with van der Waals surface area (Å²) in [5.74, 6) is 0. The minimum Gasteiger partial charge on any atom is -0.312 e. The molecule has 6 heteroatoms. The third-order valence-corrected chi connectivity index (χ3v) is 4.88. The maximum atomic E-state index is 12.1. The molecule has 0 spiro atoms. The van der Waals surface area contributed by atoms with Crippen molar-refractivity contribution in [3.05, 3.63) is 0 Å². The third-order valence-electron chi connectivity index (χ3n) is 2.75.